The van der Waals surface area contributed by atoms with E-state index in [9.17, 15) is 18.0 Å². The smallest absolute Gasteiger partial charge is 0.244 e. The van der Waals surface area contributed by atoms with Gasteiger partial charge in [-0.05, 0) is 37.3 Å². The maximum Gasteiger partial charge on any atom is 0.244 e. The number of rotatable bonds is 8. The lowest BCUT2D eigenvalue weighted by Gasteiger charge is -2.31. The van der Waals surface area contributed by atoms with Crippen molar-refractivity contribution < 1.29 is 18.0 Å². The van der Waals surface area contributed by atoms with Crippen LogP contribution in [0.1, 0.15) is 12.5 Å². The van der Waals surface area contributed by atoms with Gasteiger partial charge in [-0.3, -0.25) is 13.9 Å². The number of nitrogens with one attached hydrogen (secondary N) is 1. The average molecular weight is 541 g/mol. The number of hydrogen-bond acceptors (Lipinski definition) is 4. The molecular weight excluding hydrogens is 520 g/mol. The fourth-order valence-corrected chi connectivity index (χ4v) is 4.55. The fourth-order valence-electron chi connectivity index (χ4n) is 2.90. The fraction of sp³-hybridized carbons (Fsp3) is 0.300. The number of amides is 2. The van der Waals surface area contributed by atoms with E-state index in [1.54, 1.807) is 18.2 Å². The van der Waals surface area contributed by atoms with Crippen LogP contribution in [0.15, 0.2) is 36.4 Å². The number of sulfonamides is 1. The van der Waals surface area contributed by atoms with E-state index in [2.05, 4.69) is 5.32 Å². The largest absolute Gasteiger partial charge is 0.357 e. The number of likely N-dealkylation sites (N-methyl/N-ethyl adjacent to an activating group) is 1. The van der Waals surface area contributed by atoms with Crippen molar-refractivity contribution in [2.75, 3.05) is 24.2 Å². The van der Waals surface area contributed by atoms with Crippen LogP contribution in [-0.2, 0) is 26.2 Å². The molecule has 0 fully saturated rings. The normalized spacial score (nSPS) is 12.2. The summed E-state index contributed by atoms with van der Waals surface area (Å²) >= 11 is 24.4. The molecule has 174 valence electrons. The summed E-state index contributed by atoms with van der Waals surface area (Å²) in [5.74, 6) is -1.09. The number of anilines is 1. The van der Waals surface area contributed by atoms with E-state index in [1.807, 2.05) is 0 Å². The lowest BCUT2D eigenvalue weighted by Crippen LogP contribution is -2.50. The minimum atomic E-state index is -3.89. The van der Waals surface area contributed by atoms with Crippen molar-refractivity contribution in [1.82, 2.24) is 10.2 Å². The van der Waals surface area contributed by atoms with E-state index < -0.39 is 34.4 Å². The van der Waals surface area contributed by atoms with Gasteiger partial charge in [-0.15, -0.1) is 0 Å². The van der Waals surface area contributed by atoms with Crippen molar-refractivity contribution >= 4 is 73.9 Å². The van der Waals surface area contributed by atoms with Crippen LogP contribution in [0.25, 0.3) is 0 Å². The van der Waals surface area contributed by atoms with Gasteiger partial charge in [-0.25, -0.2) is 8.42 Å². The van der Waals surface area contributed by atoms with Crippen LogP contribution in [0.4, 0.5) is 5.69 Å². The highest BCUT2D eigenvalue weighted by Crippen LogP contribution is 2.29. The Morgan fingerprint density at radius 3 is 2.09 bits per heavy atom. The first-order valence-corrected chi connectivity index (χ1v) is 12.6. The van der Waals surface area contributed by atoms with E-state index in [4.69, 9.17) is 46.4 Å². The molecule has 1 atom stereocenters. The summed E-state index contributed by atoms with van der Waals surface area (Å²) in [7, 11) is -2.45. The van der Waals surface area contributed by atoms with Crippen molar-refractivity contribution in [3.8, 4) is 0 Å². The first-order chi connectivity index (χ1) is 14.9. The van der Waals surface area contributed by atoms with Gasteiger partial charge in [0.1, 0.15) is 12.6 Å². The van der Waals surface area contributed by atoms with Crippen LogP contribution < -0.4 is 9.62 Å². The van der Waals surface area contributed by atoms with Gasteiger partial charge in [0, 0.05) is 29.2 Å². The quantitative estimate of drug-likeness (QED) is 0.542. The maximum absolute atomic E-state index is 13.3. The Labute approximate surface area is 207 Å². The van der Waals surface area contributed by atoms with Crippen LogP contribution >= 0.6 is 46.4 Å². The third kappa shape index (κ3) is 6.42. The molecule has 0 aliphatic rings. The van der Waals surface area contributed by atoms with Crippen molar-refractivity contribution in [2.45, 2.75) is 19.5 Å². The van der Waals surface area contributed by atoms with Crippen LogP contribution in [0, 0.1) is 0 Å². The number of hydrogen-bond donors (Lipinski definition) is 1. The lowest BCUT2D eigenvalue weighted by atomic mass is 10.1. The highest BCUT2D eigenvalue weighted by molar-refractivity contribution is 7.92. The summed E-state index contributed by atoms with van der Waals surface area (Å²) in [6.45, 7) is 0.830. The topological polar surface area (TPSA) is 86.8 Å². The number of benzene rings is 2. The van der Waals surface area contributed by atoms with E-state index in [1.165, 1.54) is 37.1 Å². The molecule has 1 N–H and O–H groups in total. The first-order valence-electron chi connectivity index (χ1n) is 9.23. The third-order valence-electron chi connectivity index (χ3n) is 4.67. The van der Waals surface area contributed by atoms with E-state index in [0.29, 0.717) is 15.6 Å². The Morgan fingerprint density at radius 1 is 1.00 bits per heavy atom. The lowest BCUT2D eigenvalue weighted by molar-refractivity contribution is -0.139. The van der Waals surface area contributed by atoms with Crippen molar-refractivity contribution in [2.24, 2.45) is 0 Å². The first kappa shape index (κ1) is 26.5. The molecule has 0 saturated carbocycles. The van der Waals surface area contributed by atoms with Crippen LogP contribution in [-0.4, -0.2) is 51.0 Å². The molecule has 0 aliphatic heterocycles. The minimum absolute atomic E-state index is 0.106. The van der Waals surface area contributed by atoms with Gasteiger partial charge >= 0.3 is 0 Å². The van der Waals surface area contributed by atoms with Gasteiger partial charge in [-0.1, -0.05) is 52.5 Å². The molecule has 0 unspecified atom stereocenters. The average Bonchev–Trinajstić information content (AvgIpc) is 2.72. The molecule has 32 heavy (non-hydrogen) atoms. The molecule has 0 heterocycles. The third-order valence-corrected chi connectivity index (χ3v) is 7.26. The van der Waals surface area contributed by atoms with Crippen LogP contribution in [0.5, 0.6) is 0 Å². The SMILES string of the molecule is CNC(=O)[C@H](C)N(Cc1c(Cl)cccc1Cl)C(=O)CN(c1ccc(Cl)c(Cl)c1)S(C)(=O)=O. The molecule has 0 bridgehead atoms. The summed E-state index contributed by atoms with van der Waals surface area (Å²) < 4.78 is 25.8. The molecule has 0 radical (unpaired) electrons. The minimum Gasteiger partial charge on any atom is -0.357 e. The highest BCUT2D eigenvalue weighted by atomic mass is 35.5. The molecule has 2 amide bonds. The molecule has 0 saturated heterocycles. The number of halogens is 4. The van der Waals surface area contributed by atoms with E-state index >= 15 is 0 Å². The molecule has 2 aromatic rings. The number of nitrogens with zero attached hydrogens (tertiary/aromatic N) is 2. The van der Waals surface area contributed by atoms with Crippen LogP contribution in [0.3, 0.4) is 0 Å². The van der Waals surface area contributed by atoms with E-state index in [0.717, 1.165) is 10.6 Å². The zero-order valence-corrected chi connectivity index (χ0v) is 21.2. The Bertz CT molecular complexity index is 1110. The zero-order valence-electron chi connectivity index (χ0n) is 17.4. The molecule has 0 aliphatic carbocycles. The van der Waals surface area contributed by atoms with Crippen molar-refractivity contribution in [1.29, 1.82) is 0 Å². The zero-order chi connectivity index (χ0) is 24.2. The van der Waals surface area contributed by atoms with Gasteiger partial charge in [0.05, 0.1) is 22.0 Å². The molecule has 0 aromatic heterocycles. The van der Waals surface area contributed by atoms with Gasteiger partial charge in [-0.2, -0.15) is 0 Å². The molecular formula is C20H21Cl4N3O4S. The summed E-state index contributed by atoms with van der Waals surface area (Å²) in [5.41, 5.74) is 0.582. The molecule has 2 rings (SSSR count). The van der Waals surface area contributed by atoms with Crippen molar-refractivity contribution in [3.05, 3.63) is 62.1 Å². The molecule has 0 spiro atoms. The van der Waals surface area contributed by atoms with Crippen LogP contribution in [0.2, 0.25) is 20.1 Å². The number of carbonyl (C=O) groups excluding carboxylic acids is 2. The van der Waals surface area contributed by atoms with Gasteiger partial charge in [0.2, 0.25) is 21.8 Å². The Hall–Kier alpha value is -1.71. The monoisotopic (exact) mass is 539 g/mol. The Morgan fingerprint density at radius 2 is 1.59 bits per heavy atom. The second-order valence-corrected chi connectivity index (χ2v) is 10.4. The predicted octanol–water partition coefficient (Wildman–Crippen LogP) is 4.23. The highest BCUT2D eigenvalue weighted by Gasteiger charge is 2.30. The number of carbonyl (C=O) groups is 2. The van der Waals surface area contributed by atoms with E-state index in [-0.39, 0.29) is 22.3 Å². The van der Waals surface area contributed by atoms with Gasteiger partial charge < -0.3 is 10.2 Å². The second kappa shape index (κ2) is 10.9. The summed E-state index contributed by atoms with van der Waals surface area (Å²) in [4.78, 5) is 26.8. The molecule has 7 nitrogen and oxygen atoms in total. The molecule has 12 heteroatoms. The Balaban J connectivity index is 2.46. The predicted molar refractivity (Wildman–Crippen MR) is 129 cm³/mol. The maximum atomic E-state index is 13.3. The second-order valence-electron chi connectivity index (χ2n) is 6.88. The van der Waals surface area contributed by atoms with Gasteiger partial charge in [0.25, 0.3) is 0 Å². The van der Waals surface area contributed by atoms with Gasteiger partial charge in [0.15, 0.2) is 0 Å². The molecule has 2 aromatic carbocycles. The Kier molecular flexibility index (Phi) is 9.07. The summed E-state index contributed by atoms with van der Waals surface area (Å²) in [6.07, 6.45) is 0.959. The van der Waals surface area contributed by atoms with Crippen molar-refractivity contribution in [3.63, 3.8) is 0 Å². The summed E-state index contributed by atoms with van der Waals surface area (Å²) in [6, 6.07) is 8.13. The summed E-state index contributed by atoms with van der Waals surface area (Å²) in [5, 5.41) is 3.46. The standard InChI is InChI=1S/C20H21Cl4N3O4S/c1-12(20(29)25-2)26(10-14-15(21)5-4-6-16(14)22)19(28)11-27(32(3,30)31)13-7-8-17(23)18(24)9-13/h4-9,12H,10-11H2,1-3H3,(H,25,29)/t12-/m0/s1.